The SMILES string of the molecule is Cc1cc(NC[C@]2(CO)COC[C@@H](C)N2Cc2ccccc2)nc(CO)n1. The second-order valence-electron chi connectivity index (χ2n) is 7.18. The first-order chi connectivity index (χ1) is 13.1. The van der Waals surface area contributed by atoms with Crippen LogP contribution in [0.2, 0.25) is 0 Å². The quantitative estimate of drug-likeness (QED) is 0.676. The smallest absolute Gasteiger partial charge is 0.156 e. The molecule has 1 aromatic carbocycles. The minimum absolute atomic E-state index is 0.0336. The third kappa shape index (κ3) is 4.62. The normalized spacial score (nSPS) is 23.3. The van der Waals surface area contributed by atoms with E-state index in [-0.39, 0.29) is 19.3 Å². The molecule has 0 unspecified atom stereocenters. The molecule has 3 rings (SSSR count). The number of nitrogens with one attached hydrogen (secondary N) is 1. The predicted molar refractivity (Wildman–Crippen MR) is 103 cm³/mol. The van der Waals surface area contributed by atoms with E-state index in [9.17, 15) is 10.2 Å². The lowest BCUT2D eigenvalue weighted by atomic mass is 9.94. The van der Waals surface area contributed by atoms with Crippen LogP contribution in [-0.2, 0) is 17.9 Å². The van der Waals surface area contributed by atoms with Crippen molar-refractivity contribution in [2.45, 2.75) is 38.6 Å². The van der Waals surface area contributed by atoms with Crippen molar-refractivity contribution in [3.05, 3.63) is 53.5 Å². The van der Waals surface area contributed by atoms with Gasteiger partial charge in [0.1, 0.15) is 12.4 Å². The lowest BCUT2D eigenvalue weighted by Gasteiger charge is -2.49. The fraction of sp³-hybridized carbons (Fsp3) is 0.500. The molecular weight excluding hydrogens is 344 g/mol. The van der Waals surface area contributed by atoms with Gasteiger partial charge in [0.05, 0.1) is 25.4 Å². The Bertz CT molecular complexity index is 743. The second-order valence-corrected chi connectivity index (χ2v) is 7.18. The second kappa shape index (κ2) is 8.75. The van der Waals surface area contributed by atoms with Gasteiger partial charge in [0, 0.05) is 30.9 Å². The molecule has 146 valence electrons. The van der Waals surface area contributed by atoms with Gasteiger partial charge in [-0.05, 0) is 19.4 Å². The number of rotatable bonds is 7. The summed E-state index contributed by atoms with van der Waals surface area (Å²) in [6.07, 6.45) is 0. The molecular formula is C20H28N4O3. The number of hydrogen-bond acceptors (Lipinski definition) is 7. The highest BCUT2D eigenvalue weighted by atomic mass is 16.5. The molecule has 3 N–H and O–H groups in total. The Balaban J connectivity index is 1.80. The van der Waals surface area contributed by atoms with Gasteiger partial charge in [-0.3, -0.25) is 4.90 Å². The number of benzene rings is 1. The molecule has 0 bridgehead atoms. The molecule has 0 saturated carbocycles. The van der Waals surface area contributed by atoms with Gasteiger partial charge >= 0.3 is 0 Å². The Hall–Kier alpha value is -2.06. The summed E-state index contributed by atoms with van der Waals surface area (Å²) in [4.78, 5) is 10.8. The van der Waals surface area contributed by atoms with Crippen molar-refractivity contribution in [1.82, 2.24) is 14.9 Å². The third-order valence-electron chi connectivity index (χ3n) is 5.00. The molecule has 27 heavy (non-hydrogen) atoms. The van der Waals surface area contributed by atoms with E-state index in [2.05, 4.69) is 39.2 Å². The number of ether oxygens (including phenoxy) is 1. The maximum Gasteiger partial charge on any atom is 0.156 e. The number of aromatic nitrogens is 2. The van der Waals surface area contributed by atoms with E-state index in [1.54, 1.807) is 0 Å². The van der Waals surface area contributed by atoms with Crippen molar-refractivity contribution < 1.29 is 14.9 Å². The van der Waals surface area contributed by atoms with Crippen LogP contribution in [0.25, 0.3) is 0 Å². The summed E-state index contributed by atoms with van der Waals surface area (Å²) in [6, 6.07) is 12.3. The highest BCUT2D eigenvalue weighted by molar-refractivity contribution is 5.36. The van der Waals surface area contributed by atoms with Crippen LogP contribution in [-0.4, -0.2) is 63.0 Å². The van der Waals surface area contributed by atoms with E-state index in [4.69, 9.17) is 4.74 Å². The van der Waals surface area contributed by atoms with Gasteiger partial charge in [-0.2, -0.15) is 0 Å². The summed E-state index contributed by atoms with van der Waals surface area (Å²) in [5, 5.41) is 22.9. The zero-order chi connectivity index (χ0) is 19.3. The van der Waals surface area contributed by atoms with Crippen LogP contribution < -0.4 is 5.32 Å². The summed E-state index contributed by atoms with van der Waals surface area (Å²) < 4.78 is 5.80. The first-order valence-corrected chi connectivity index (χ1v) is 9.25. The number of aliphatic hydroxyl groups excluding tert-OH is 2. The first-order valence-electron chi connectivity index (χ1n) is 9.25. The third-order valence-corrected chi connectivity index (χ3v) is 5.00. The minimum atomic E-state index is -0.564. The van der Waals surface area contributed by atoms with Crippen molar-refractivity contribution in [2.24, 2.45) is 0 Å². The average molecular weight is 372 g/mol. The van der Waals surface area contributed by atoms with Crippen LogP contribution in [0.3, 0.4) is 0 Å². The van der Waals surface area contributed by atoms with Crippen molar-refractivity contribution in [1.29, 1.82) is 0 Å². The van der Waals surface area contributed by atoms with Crippen molar-refractivity contribution in [2.75, 3.05) is 31.7 Å². The lowest BCUT2D eigenvalue weighted by molar-refractivity contribution is -0.117. The van der Waals surface area contributed by atoms with Gasteiger partial charge in [-0.1, -0.05) is 30.3 Å². The Morgan fingerprint density at radius 3 is 2.74 bits per heavy atom. The zero-order valence-electron chi connectivity index (χ0n) is 15.9. The summed E-state index contributed by atoms with van der Waals surface area (Å²) in [7, 11) is 0. The van der Waals surface area contributed by atoms with Gasteiger partial charge in [0.2, 0.25) is 0 Å². The molecule has 1 fully saturated rings. The van der Waals surface area contributed by atoms with Crippen LogP contribution in [0.15, 0.2) is 36.4 Å². The number of anilines is 1. The summed E-state index contributed by atoms with van der Waals surface area (Å²) in [5.74, 6) is 1.02. The van der Waals surface area contributed by atoms with E-state index >= 15 is 0 Å². The molecule has 1 aliphatic heterocycles. The maximum absolute atomic E-state index is 10.3. The van der Waals surface area contributed by atoms with Crippen LogP contribution >= 0.6 is 0 Å². The Kier molecular flexibility index (Phi) is 6.38. The zero-order valence-corrected chi connectivity index (χ0v) is 15.9. The number of aliphatic hydroxyl groups is 2. The maximum atomic E-state index is 10.3. The van der Waals surface area contributed by atoms with Gasteiger partial charge < -0.3 is 20.3 Å². The van der Waals surface area contributed by atoms with Gasteiger partial charge in [0.25, 0.3) is 0 Å². The molecule has 2 heterocycles. The van der Waals surface area contributed by atoms with E-state index in [1.807, 2.05) is 31.2 Å². The molecule has 0 spiro atoms. The first kappa shape index (κ1) is 19.7. The van der Waals surface area contributed by atoms with Crippen molar-refractivity contribution in [3.63, 3.8) is 0 Å². The number of nitrogens with zero attached hydrogens (tertiary/aromatic N) is 3. The number of aryl methyl sites for hydroxylation is 1. The lowest BCUT2D eigenvalue weighted by Crippen LogP contribution is -2.65. The van der Waals surface area contributed by atoms with Crippen LogP contribution in [0, 0.1) is 6.92 Å². The molecule has 0 radical (unpaired) electrons. The fourth-order valence-electron chi connectivity index (χ4n) is 3.55. The summed E-state index contributed by atoms with van der Waals surface area (Å²) >= 11 is 0. The Morgan fingerprint density at radius 1 is 1.26 bits per heavy atom. The molecule has 0 amide bonds. The van der Waals surface area contributed by atoms with Crippen LogP contribution in [0.4, 0.5) is 5.82 Å². The average Bonchev–Trinajstić information content (AvgIpc) is 2.69. The Morgan fingerprint density at radius 2 is 2.04 bits per heavy atom. The molecule has 0 aliphatic carbocycles. The van der Waals surface area contributed by atoms with Crippen LogP contribution in [0.5, 0.6) is 0 Å². The van der Waals surface area contributed by atoms with Gasteiger partial charge in [-0.25, -0.2) is 9.97 Å². The van der Waals surface area contributed by atoms with E-state index in [0.29, 0.717) is 31.4 Å². The molecule has 2 atom stereocenters. The largest absolute Gasteiger partial charge is 0.394 e. The highest BCUT2D eigenvalue weighted by Crippen LogP contribution is 2.27. The molecule has 7 heteroatoms. The van der Waals surface area contributed by atoms with E-state index < -0.39 is 5.54 Å². The number of morpholine rings is 1. The topological polar surface area (TPSA) is 90.7 Å². The standard InChI is InChI=1S/C20H28N4O3/c1-15-8-18(23-19(10-25)22-15)21-12-20(13-26)14-27-11-16(2)24(20)9-17-6-4-3-5-7-17/h3-8,16,25-26H,9-14H2,1-2H3,(H,21,22,23)/t16-,20+/m1/s1. The minimum Gasteiger partial charge on any atom is -0.394 e. The molecule has 2 aromatic rings. The molecule has 1 saturated heterocycles. The van der Waals surface area contributed by atoms with E-state index in [0.717, 1.165) is 12.2 Å². The highest BCUT2D eigenvalue weighted by Gasteiger charge is 2.42. The van der Waals surface area contributed by atoms with Gasteiger partial charge in [0.15, 0.2) is 5.82 Å². The van der Waals surface area contributed by atoms with Gasteiger partial charge in [-0.15, -0.1) is 0 Å². The number of hydrogen-bond donors (Lipinski definition) is 3. The van der Waals surface area contributed by atoms with E-state index in [1.165, 1.54) is 5.56 Å². The molecule has 1 aromatic heterocycles. The fourth-order valence-corrected chi connectivity index (χ4v) is 3.55. The monoisotopic (exact) mass is 372 g/mol. The van der Waals surface area contributed by atoms with Crippen molar-refractivity contribution >= 4 is 5.82 Å². The summed E-state index contributed by atoms with van der Waals surface area (Å²) in [6.45, 7) is 6.02. The summed E-state index contributed by atoms with van der Waals surface area (Å²) in [5.41, 5.74) is 1.42. The predicted octanol–water partition coefficient (Wildman–Crippen LogP) is 1.34. The van der Waals surface area contributed by atoms with Crippen molar-refractivity contribution in [3.8, 4) is 0 Å². The molecule has 7 nitrogen and oxygen atoms in total. The molecule has 1 aliphatic rings. The Labute approximate surface area is 160 Å². The van der Waals surface area contributed by atoms with Crippen LogP contribution in [0.1, 0.15) is 24.0 Å².